The van der Waals surface area contributed by atoms with Gasteiger partial charge in [0.2, 0.25) is 0 Å². The molecule has 0 radical (unpaired) electrons. The standard InChI is InChI=1S/C30H21N3O3/c1-2-35-17-3-4-18-36-30(34)29-19-24(8-5-23-6-9-25(20-31)10-7-23)11-14-27(29)15-12-26-13-16-28(21-32)33-22-26/h2,6-7,9-11,13-14,16,19,22H,1,3-4,17-18H2. The Labute approximate surface area is 210 Å². The van der Waals surface area contributed by atoms with Crippen molar-refractivity contribution in [2.45, 2.75) is 12.8 Å². The van der Waals surface area contributed by atoms with Crippen molar-refractivity contribution in [3.63, 3.8) is 0 Å². The number of pyridine rings is 1. The van der Waals surface area contributed by atoms with Crippen molar-refractivity contribution < 1.29 is 14.3 Å². The number of ether oxygens (including phenoxy) is 2. The molecule has 1 aromatic heterocycles. The minimum atomic E-state index is -0.496. The maximum absolute atomic E-state index is 12.9. The number of hydrogen-bond acceptors (Lipinski definition) is 6. The summed E-state index contributed by atoms with van der Waals surface area (Å²) in [4.78, 5) is 16.9. The first-order valence-corrected chi connectivity index (χ1v) is 11.1. The van der Waals surface area contributed by atoms with Gasteiger partial charge in [-0.25, -0.2) is 9.78 Å². The molecule has 0 aliphatic heterocycles. The maximum atomic E-state index is 12.9. The van der Waals surface area contributed by atoms with Gasteiger partial charge in [-0.2, -0.15) is 10.5 Å². The highest BCUT2D eigenvalue weighted by atomic mass is 16.5. The topological polar surface area (TPSA) is 96.0 Å². The molecule has 0 amide bonds. The van der Waals surface area contributed by atoms with Gasteiger partial charge in [-0.05, 0) is 67.4 Å². The monoisotopic (exact) mass is 471 g/mol. The summed E-state index contributed by atoms with van der Waals surface area (Å²) in [6.07, 6.45) is 4.26. The van der Waals surface area contributed by atoms with Gasteiger partial charge in [-0.3, -0.25) is 0 Å². The van der Waals surface area contributed by atoms with Gasteiger partial charge < -0.3 is 9.47 Å². The molecule has 3 rings (SSSR count). The third kappa shape index (κ3) is 7.64. The highest BCUT2D eigenvalue weighted by Crippen LogP contribution is 2.14. The number of esters is 1. The molecule has 0 aliphatic rings. The summed E-state index contributed by atoms with van der Waals surface area (Å²) in [5.41, 5.74) is 3.63. The molecule has 0 saturated heterocycles. The summed E-state index contributed by atoms with van der Waals surface area (Å²) in [6.45, 7) is 4.25. The summed E-state index contributed by atoms with van der Waals surface area (Å²) in [5.74, 6) is 11.5. The average Bonchev–Trinajstić information content (AvgIpc) is 2.93. The van der Waals surface area contributed by atoms with Crippen molar-refractivity contribution >= 4 is 5.97 Å². The zero-order valence-corrected chi connectivity index (χ0v) is 19.5. The Balaban J connectivity index is 1.84. The lowest BCUT2D eigenvalue weighted by molar-refractivity contribution is 0.0491. The summed E-state index contributed by atoms with van der Waals surface area (Å²) >= 11 is 0. The number of carbonyl (C=O) groups is 1. The van der Waals surface area contributed by atoms with Crippen molar-refractivity contribution in [2.24, 2.45) is 0 Å². The summed E-state index contributed by atoms with van der Waals surface area (Å²) in [6, 6.07) is 19.4. The van der Waals surface area contributed by atoms with Gasteiger partial charge in [0, 0.05) is 28.5 Å². The van der Waals surface area contributed by atoms with E-state index in [9.17, 15) is 4.79 Å². The molecule has 0 N–H and O–H groups in total. The van der Waals surface area contributed by atoms with Crippen LogP contribution in [0.4, 0.5) is 0 Å². The third-order valence-electron chi connectivity index (χ3n) is 4.83. The van der Waals surface area contributed by atoms with Crippen LogP contribution in [0.5, 0.6) is 0 Å². The SMILES string of the molecule is C=COCCCCOC(=O)c1cc(C#Cc2ccc(C#N)cc2)ccc1C#Cc1ccc(C#N)nc1. The van der Waals surface area contributed by atoms with Gasteiger partial charge in [0.05, 0.1) is 36.7 Å². The Hall–Kier alpha value is -5.30. The summed E-state index contributed by atoms with van der Waals surface area (Å²) < 4.78 is 10.5. The predicted octanol–water partition coefficient (Wildman–Crippen LogP) is 4.72. The lowest BCUT2D eigenvalue weighted by Crippen LogP contribution is -2.09. The van der Waals surface area contributed by atoms with Crippen LogP contribution < -0.4 is 0 Å². The molecule has 2 aromatic carbocycles. The average molecular weight is 472 g/mol. The van der Waals surface area contributed by atoms with Crippen molar-refractivity contribution in [3.05, 3.63) is 113 Å². The largest absolute Gasteiger partial charge is 0.502 e. The van der Waals surface area contributed by atoms with Crippen LogP contribution in [0.3, 0.4) is 0 Å². The van der Waals surface area contributed by atoms with E-state index in [4.69, 9.17) is 20.0 Å². The van der Waals surface area contributed by atoms with Gasteiger partial charge >= 0.3 is 5.97 Å². The van der Waals surface area contributed by atoms with E-state index in [0.717, 1.165) is 12.0 Å². The quantitative estimate of drug-likeness (QED) is 0.214. The Morgan fingerprint density at radius 3 is 2.19 bits per heavy atom. The van der Waals surface area contributed by atoms with Crippen molar-refractivity contribution in [2.75, 3.05) is 13.2 Å². The minimum Gasteiger partial charge on any atom is -0.502 e. The molecule has 0 saturated carbocycles. The van der Waals surface area contributed by atoms with Crippen molar-refractivity contribution in [1.82, 2.24) is 4.98 Å². The van der Waals surface area contributed by atoms with E-state index >= 15 is 0 Å². The number of benzene rings is 2. The molecule has 1 heterocycles. The van der Waals surface area contributed by atoms with E-state index in [-0.39, 0.29) is 6.61 Å². The first kappa shape index (κ1) is 25.3. The van der Waals surface area contributed by atoms with E-state index in [2.05, 4.69) is 41.3 Å². The zero-order valence-electron chi connectivity index (χ0n) is 19.5. The minimum absolute atomic E-state index is 0.243. The number of rotatable bonds is 7. The zero-order chi connectivity index (χ0) is 25.6. The Kier molecular flexibility index (Phi) is 9.44. The van der Waals surface area contributed by atoms with Crippen LogP contribution in [0.15, 0.2) is 73.6 Å². The van der Waals surface area contributed by atoms with Crippen LogP contribution in [0.2, 0.25) is 0 Å². The lowest BCUT2D eigenvalue weighted by atomic mass is 10.0. The van der Waals surface area contributed by atoms with Gasteiger partial charge in [-0.1, -0.05) is 30.3 Å². The van der Waals surface area contributed by atoms with Gasteiger partial charge in [0.1, 0.15) is 11.8 Å². The second kappa shape index (κ2) is 13.4. The highest BCUT2D eigenvalue weighted by Gasteiger charge is 2.13. The van der Waals surface area contributed by atoms with Gasteiger partial charge in [0.25, 0.3) is 0 Å². The first-order valence-electron chi connectivity index (χ1n) is 11.1. The molecule has 0 fully saturated rings. The maximum Gasteiger partial charge on any atom is 0.339 e. The number of carbonyl (C=O) groups excluding carboxylic acids is 1. The first-order chi connectivity index (χ1) is 17.6. The number of nitriles is 2. The molecule has 36 heavy (non-hydrogen) atoms. The van der Waals surface area contributed by atoms with Crippen LogP contribution in [0.1, 0.15) is 56.7 Å². The number of aromatic nitrogens is 1. The molecule has 0 bridgehead atoms. The fraction of sp³-hybridized carbons (Fsp3) is 0.133. The van der Waals surface area contributed by atoms with Crippen LogP contribution in [0.25, 0.3) is 0 Å². The highest BCUT2D eigenvalue weighted by molar-refractivity contribution is 5.93. The molecule has 6 nitrogen and oxygen atoms in total. The smallest absolute Gasteiger partial charge is 0.339 e. The van der Waals surface area contributed by atoms with E-state index in [1.165, 1.54) is 12.5 Å². The summed E-state index contributed by atoms with van der Waals surface area (Å²) in [7, 11) is 0. The predicted molar refractivity (Wildman–Crippen MR) is 134 cm³/mol. The fourth-order valence-electron chi connectivity index (χ4n) is 2.96. The normalized spacial score (nSPS) is 9.28. The molecule has 0 spiro atoms. The van der Waals surface area contributed by atoms with E-state index in [1.807, 2.05) is 6.07 Å². The van der Waals surface area contributed by atoms with E-state index in [1.54, 1.807) is 54.6 Å². The summed E-state index contributed by atoms with van der Waals surface area (Å²) in [5, 5.41) is 17.8. The van der Waals surface area contributed by atoms with Crippen LogP contribution >= 0.6 is 0 Å². The number of hydrogen-bond donors (Lipinski definition) is 0. The van der Waals surface area contributed by atoms with Crippen LogP contribution in [-0.4, -0.2) is 24.2 Å². The molecular formula is C30H21N3O3. The second-order valence-electron chi connectivity index (χ2n) is 7.37. The molecule has 0 aliphatic carbocycles. The number of unbranched alkanes of at least 4 members (excludes halogenated alkanes) is 1. The van der Waals surface area contributed by atoms with E-state index < -0.39 is 5.97 Å². The lowest BCUT2D eigenvalue weighted by Gasteiger charge is -2.07. The Morgan fingerprint density at radius 2 is 1.50 bits per heavy atom. The Morgan fingerprint density at radius 1 is 0.833 bits per heavy atom. The third-order valence-corrected chi connectivity index (χ3v) is 4.83. The van der Waals surface area contributed by atoms with Gasteiger partial charge in [-0.15, -0.1) is 0 Å². The van der Waals surface area contributed by atoms with Crippen molar-refractivity contribution in [1.29, 1.82) is 10.5 Å². The van der Waals surface area contributed by atoms with Crippen LogP contribution in [0, 0.1) is 46.3 Å². The second-order valence-corrected chi connectivity index (χ2v) is 7.37. The van der Waals surface area contributed by atoms with Gasteiger partial charge in [0.15, 0.2) is 0 Å². The Bertz CT molecular complexity index is 1440. The molecule has 0 unspecified atom stereocenters. The van der Waals surface area contributed by atoms with E-state index in [0.29, 0.717) is 46.5 Å². The molecule has 6 heteroatoms. The van der Waals surface area contributed by atoms with Crippen LogP contribution in [-0.2, 0) is 9.47 Å². The molecule has 3 aromatic rings. The molecular weight excluding hydrogens is 450 g/mol. The fourth-order valence-corrected chi connectivity index (χ4v) is 2.96. The number of nitrogens with zero attached hydrogens (tertiary/aromatic N) is 3. The molecule has 0 atom stereocenters. The van der Waals surface area contributed by atoms with Crippen molar-refractivity contribution in [3.8, 4) is 35.8 Å². The molecule has 174 valence electrons.